The minimum Gasteiger partial charge on any atom is -0.497 e. The predicted octanol–water partition coefficient (Wildman–Crippen LogP) is 6.97. The minimum atomic E-state index is -0.703. The number of ether oxygens (including phenoxy) is 2. The van der Waals surface area contributed by atoms with Crippen molar-refractivity contribution in [3.63, 3.8) is 0 Å². The Bertz CT molecular complexity index is 1230. The average Bonchev–Trinajstić information content (AvgIpc) is 2.93. The predicted molar refractivity (Wildman–Crippen MR) is 155 cm³/mol. The first-order valence-electron chi connectivity index (χ1n) is 13.2. The number of rotatable bonds is 13. The summed E-state index contributed by atoms with van der Waals surface area (Å²) in [6.45, 7) is 2.95. The Labute approximate surface area is 234 Å². The number of thioether (sulfide) groups is 1. The van der Waals surface area contributed by atoms with Crippen LogP contribution in [0.2, 0.25) is 5.02 Å². The molecule has 4 rings (SSSR count). The van der Waals surface area contributed by atoms with Gasteiger partial charge >= 0.3 is 5.97 Å². The Balaban J connectivity index is 1.30. The molecule has 0 atom stereocenters. The maximum Gasteiger partial charge on any atom is 0.303 e. The fourth-order valence-corrected chi connectivity index (χ4v) is 6.61. The number of aliphatic carboxylic acids is 1. The molecule has 6 nitrogen and oxygen atoms in total. The second-order valence-electron chi connectivity index (χ2n) is 10.1. The molecular weight excluding hydrogens is 520 g/mol. The van der Waals surface area contributed by atoms with Gasteiger partial charge in [0.1, 0.15) is 11.5 Å². The van der Waals surface area contributed by atoms with E-state index in [0.29, 0.717) is 5.02 Å². The van der Waals surface area contributed by atoms with Crippen LogP contribution >= 0.6 is 23.4 Å². The number of pyridine rings is 1. The number of carboxylic acid groups (broad SMARTS) is 1. The fourth-order valence-electron chi connectivity index (χ4n) is 5.48. The average molecular weight is 557 g/mol. The van der Waals surface area contributed by atoms with Crippen LogP contribution in [-0.2, 0) is 11.2 Å². The Kier molecular flexibility index (Phi) is 10.2. The number of methoxy groups -OCH3 is 2. The van der Waals surface area contributed by atoms with E-state index in [9.17, 15) is 9.90 Å². The third-order valence-corrected chi connectivity index (χ3v) is 9.05. The molecule has 1 saturated heterocycles. The highest BCUT2D eigenvalue weighted by atomic mass is 35.5. The number of hydrogen-bond acceptors (Lipinski definition) is 6. The zero-order valence-electron chi connectivity index (χ0n) is 22.2. The maximum atomic E-state index is 11.8. The lowest BCUT2D eigenvalue weighted by atomic mass is 9.72. The molecule has 0 radical (unpaired) electrons. The van der Waals surface area contributed by atoms with Crippen LogP contribution < -0.4 is 9.47 Å². The molecule has 204 valence electrons. The summed E-state index contributed by atoms with van der Waals surface area (Å²) in [6, 6.07) is 14.0. The monoisotopic (exact) mass is 556 g/mol. The van der Waals surface area contributed by atoms with Crippen LogP contribution in [0.3, 0.4) is 0 Å². The molecule has 0 amide bonds. The van der Waals surface area contributed by atoms with E-state index >= 15 is 0 Å². The van der Waals surface area contributed by atoms with E-state index in [1.54, 1.807) is 20.4 Å². The molecule has 1 aliphatic rings. The van der Waals surface area contributed by atoms with Gasteiger partial charge in [-0.3, -0.25) is 9.78 Å². The van der Waals surface area contributed by atoms with Gasteiger partial charge in [-0.15, -0.1) is 11.8 Å². The van der Waals surface area contributed by atoms with Crippen molar-refractivity contribution in [3.8, 4) is 11.5 Å². The van der Waals surface area contributed by atoms with Gasteiger partial charge < -0.3 is 19.5 Å². The van der Waals surface area contributed by atoms with Crippen LogP contribution in [0.5, 0.6) is 11.5 Å². The molecule has 3 aromatic rings. The summed E-state index contributed by atoms with van der Waals surface area (Å²) in [7, 11) is 3.35. The lowest BCUT2D eigenvalue weighted by Crippen LogP contribution is -2.41. The van der Waals surface area contributed by atoms with Gasteiger partial charge in [-0.25, -0.2) is 0 Å². The van der Waals surface area contributed by atoms with Crippen LogP contribution in [0.1, 0.15) is 44.1 Å². The Morgan fingerprint density at radius 3 is 2.61 bits per heavy atom. The van der Waals surface area contributed by atoms with Crippen molar-refractivity contribution in [2.24, 2.45) is 5.41 Å². The van der Waals surface area contributed by atoms with E-state index in [1.807, 2.05) is 42.1 Å². The van der Waals surface area contributed by atoms with Crippen LogP contribution in [0, 0.1) is 5.41 Å². The molecule has 1 aromatic heterocycles. The second kappa shape index (κ2) is 13.5. The highest BCUT2D eigenvalue weighted by Crippen LogP contribution is 2.41. The number of halogens is 1. The first-order valence-corrected chi connectivity index (χ1v) is 14.6. The van der Waals surface area contributed by atoms with Gasteiger partial charge in [0.2, 0.25) is 0 Å². The van der Waals surface area contributed by atoms with Crippen molar-refractivity contribution in [3.05, 3.63) is 59.2 Å². The summed E-state index contributed by atoms with van der Waals surface area (Å²) in [5.41, 5.74) is 1.79. The van der Waals surface area contributed by atoms with Crippen molar-refractivity contribution >= 4 is 40.2 Å². The topological polar surface area (TPSA) is 71.9 Å². The van der Waals surface area contributed by atoms with Gasteiger partial charge in [0.25, 0.3) is 0 Å². The molecule has 0 spiro atoms. The molecule has 2 aromatic carbocycles. The molecule has 1 N–H and O–H groups in total. The van der Waals surface area contributed by atoms with Crippen molar-refractivity contribution < 1.29 is 19.4 Å². The van der Waals surface area contributed by atoms with Gasteiger partial charge in [0.05, 0.1) is 31.2 Å². The molecule has 2 heterocycles. The maximum absolute atomic E-state index is 11.8. The van der Waals surface area contributed by atoms with E-state index in [4.69, 9.17) is 21.1 Å². The summed E-state index contributed by atoms with van der Waals surface area (Å²) in [6.07, 6.45) is 7.43. The smallest absolute Gasteiger partial charge is 0.303 e. The molecule has 0 aliphatic carbocycles. The second-order valence-corrected chi connectivity index (χ2v) is 11.7. The summed E-state index contributed by atoms with van der Waals surface area (Å²) in [4.78, 5) is 20.0. The quantitative estimate of drug-likeness (QED) is 0.180. The SMILES string of the molecule is COc1cccc(SCCCN2CCC(CCCc3c(Cl)cnc4ccc(OC)cc34)(CC(=O)O)CC2)c1. The number of piperidine rings is 1. The lowest BCUT2D eigenvalue weighted by molar-refractivity contribution is -0.140. The van der Waals surface area contributed by atoms with Crippen LogP contribution in [0.25, 0.3) is 10.9 Å². The molecule has 0 saturated carbocycles. The van der Waals surface area contributed by atoms with Crippen molar-refractivity contribution in [1.29, 1.82) is 0 Å². The van der Waals surface area contributed by atoms with Crippen molar-refractivity contribution in [2.45, 2.75) is 49.8 Å². The molecular formula is C30H37ClN2O4S. The zero-order valence-corrected chi connectivity index (χ0v) is 23.8. The standard InChI is InChI=1S/C30H37ClN2O4S/c1-36-22-6-3-7-24(18-22)38-17-5-14-33-15-12-30(13-16-33,20-29(34)35)11-4-8-25-26-19-23(37-2)9-10-28(26)32-21-27(25)31/h3,6-7,9-10,18-19,21H,4-5,8,11-17,20H2,1-2H3,(H,34,35). The molecule has 0 unspecified atom stereocenters. The first kappa shape index (κ1) is 28.5. The highest BCUT2D eigenvalue weighted by molar-refractivity contribution is 7.99. The Morgan fingerprint density at radius 1 is 1.11 bits per heavy atom. The number of likely N-dealkylation sites (tertiary alicyclic amines) is 1. The van der Waals surface area contributed by atoms with Crippen molar-refractivity contribution in [1.82, 2.24) is 9.88 Å². The van der Waals surface area contributed by atoms with E-state index in [1.165, 1.54) is 4.90 Å². The number of benzene rings is 2. The summed E-state index contributed by atoms with van der Waals surface area (Å²) in [5.74, 6) is 2.01. The fraction of sp³-hybridized carbons (Fsp3) is 0.467. The highest BCUT2D eigenvalue weighted by Gasteiger charge is 2.36. The number of fused-ring (bicyclic) bond motifs is 1. The van der Waals surface area contributed by atoms with Gasteiger partial charge in [-0.05, 0) is 111 Å². The van der Waals surface area contributed by atoms with E-state index in [2.05, 4.69) is 22.0 Å². The summed E-state index contributed by atoms with van der Waals surface area (Å²) < 4.78 is 10.7. The first-order chi connectivity index (χ1) is 18.4. The van der Waals surface area contributed by atoms with Gasteiger partial charge in [-0.2, -0.15) is 0 Å². The van der Waals surface area contributed by atoms with Crippen molar-refractivity contribution in [2.75, 3.05) is 39.6 Å². The van der Waals surface area contributed by atoms with E-state index in [0.717, 1.165) is 91.9 Å². The number of carbonyl (C=O) groups is 1. The number of carboxylic acids is 1. The van der Waals surface area contributed by atoms with Crippen LogP contribution in [0.4, 0.5) is 0 Å². The zero-order chi connectivity index (χ0) is 27.0. The normalized spacial score (nSPS) is 15.4. The van der Waals surface area contributed by atoms with Crippen LogP contribution in [0.15, 0.2) is 53.6 Å². The number of aromatic nitrogens is 1. The molecule has 0 bridgehead atoms. The lowest BCUT2D eigenvalue weighted by Gasteiger charge is -2.41. The summed E-state index contributed by atoms with van der Waals surface area (Å²) in [5, 5.41) is 11.4. The third kappa shape index (κ3) is 7.55. The molecule has 1 fully saturated rings. The minimum absolute atomic E-state index is 0.162. The number of nitrogens with zero attached hydrogens (tertiary/aromatic N) is 2. The van der Waals surface area contributed by atoms with E-state index in [-0.39, 0.29) is 11.8 Å². The van der Waals surface area contributed by atoms with Gasteiger partial charge in [0.15, 0.2) is 0 Å². The van der Waals surface area contributed by atoms with E-state index < -0.39 is 5.97 Å². The molecule has 8 heteroatoms. The Hall–Kier alpha value is -2.48. The third-order valence-electron chi connectivity index (χ3n) is 7.64. The summed E-state index contributed by atoms with van der Waals surface area (Å²) >= 11 is 8.41. The van der Waals surface area contributed by atoms with Gasteiger partial charge in [-0.1, -0.05) is 17.7 Å². The number of aryl methyl sites for hydroxylation is 1. The number of hydrogen-bond donors (Lipinski definition) is 1. The van der Waals surface area contributed by atoms with Gasteiger partial charge in [0, 0.05) is 16.5 Å². The largest absolute Gasteiger partial charge is 0.497 e. The molecule has 1 aliphatic heterocycles. The Morgan fingerprint density at radius 2 is 1.87 bits per heavy atom. The molecule has 38 heavy (non-hydrogen) atoms. The van der Waals surface area contributed by atoms with Crippen LogP contribution in [-0.4, -0.2) is 60.6 Å².